The molecule has 0 aliphatic rings. The molecule has 0 radical (unpaired) electrons. The number of halogens is 1. The van der Waals surface area contributed by atoms with Crippen LogP contribution < -0.4 is 11.3 Å². The molecule has 1 heterocycles. The summed E-state index contributed by atoms with van der Waals surface area (Å²) in [5.41, 5.74) is 2.21. The lowest BCUT2D eigenvalue weighted by Crippen LogP contribution is -2.11. The Morgan fingerprint density at radius 1 is 1.69 bits per heavy atom. The van der Waals surface area contributed by atoms with E-state index >= 15 is 0 Å². The fourth-order valence-corrected chi connectivity index (χ4v) is 1.29. The lowest BCUT2D eigenvalue weighted by atomic mass is 10.6. The number of nitrogens with one attached hydrogen (secondary N) is 1. The number of hydrogen-bond acceptors (Lipinski definition) is 6. The van der Waals surface area contributed by atoms with Crippen LogP contribution in [0.5, 0.6) is 0 Å². The van der Waals surface area contributed by atoms with E-state index < -0.39 is 5.82 Å². The van der Waals surface area contributed by atoms with Crippen LogP contribution in [0.3, 0.4) is 0 Å². The van der Waals surface area contributed by atoms with Crippen LogP contribution >= 0.6 is 11.8 Å². The van der Waals surface area contributed by atoms with E-state index in [2.05, 4.69) is 15.4 Å². The molecule has 0 saturated heterocycles. The monoisotopic (exact) mass is 204 g/mol. The Kier molecular flexibility index (Phi) is 3.87. The standard InChI is InChI=1S/C6H9FN4OS/c7-4-3-9-6(11-8)10-5(4)13-2-1-12/h3,12H,1-2,8H2,(H,9,10,11). The molecular weight excluding hydrogens is 195 g/mol. The Bertz CT molecular complexity index is 285. The molecule has 0 bridgehead atoms. The van der Waals surface area contributed by atoms with E-state index in [9.17, 15) is 4.39 Å². The molecule has 5 nitrogen and oxygen atoms in total. The number of aliphatic hydroxyl groups excluding tert-OH is 1. The molecule has 7 heteroatoms. The van der Waals surface area contributed by atoms with Crippen molar-refractivity contribution in [3.05, 3.63) is 12.0 Å². The summed E-state index contributed by atoms with van der Waals surface area (Å²) in [5, 5.41) is 8.70. The lowest BCUT2D eigenvalue weighted by Gasteiger charge is -2.02. The molecular formula is C6H9FN4OS. The molecule has 0 saturated carbocycles. The zero-order valence-corrected chi connectivity index (χ0v) is 7.51. The van der Waals surface area contributed by atoms with Gasteiger partial charge in [-0.05, 0) is 0 Å². The quantitative estimate of drug-likeness (QED) is 0.277. The minimum Gasteiger partial charge on any atom is -0.396 e. The number of aromatic nitrogens is 2. The van der Waals surface area contributed by atoms with Crippen LogP contribution in [-0.2, 0) is 0 Å². The summed E-state index contributed by atoms with van der Waals surface area (Å²) in [6.45, 7) is -0.0283. The zero-order chi connectivity index (χ0) is 9.68. The zero-order valence-electron chi connectivity index (χ0n) is 6.70. The highest BCUT2D eigenvalue weighted by Crippen LogP contribution is 2.18. The molecule has 1 rings (SSSR count). The van der Waals surface area contributed by atoms with Crippen molar-refractivity contribution in [2.24, 2.45) is 5.84 Å². The molecule has 1 aromatic heterocycles. The smallest absolute Gasteiger partial charge is 0.238 e. The van der Waals surface area contributed by atoms with Gasteiger partial charge in [-0.2, -0.15) is 0 Å². The summed E-state index contributed by atoms with van der Waals surface area (Å²) in [6.07, 6.45) is 1.03. The minimum absolute atomic E-state index is 0.0283. The molecule has 0 aromatic carbocycles. The normalized spacial score (nSPS) is 10.1. The van der Waals surface area contributed by atoms with Crippen molar-refractivity contribution in [2.45, 2.75) is 5.03 Å². The predicted octanol–water partition coefficient (Wildman–Crippen LogP) is -0.0143. The van der Waals surface area contributed by atoms with Gasteiger partial charge in [0.2, 0.25) is 5.95 Å². The van der Waals surface area contributed by atoms with E-state index in [1.807, 2.05) is 0 Å². The van der Waals surface area contributed by atoms with Gasteiger partial charge in [0.15, 0.2) is 5.82 Å². The van der Waals surface area contributed by atoms with Crippen LogP contribution in [0.1, 0.15) is 0 Å². The van der Waals surface area contributed by atoms with Gasteiger partial charge in [-0.3, -0.25) is 5.43 Å². The van der Waals surface area contributed by atoms with Gasteiger partial charge in [-0.1, -0.05) is 0 Å². The number of aliphatic hydroxyl groups is 1. The third-order valence-corrected chi connectivity index (χ3v) is 2.12. The molecule has 0 aliphatic heterocycles. The fourth-order valence-electron chi connectivity index (χ4n) is 0.665. The number of nitrogens with zero attached hydrogens (tertiary/aromatic N) is 2. The molecule has 0 aliphatic carbocycles. The first-order valence-corrected chi connectivity index (χ1v) is 4.49. The first kappa shape index (κ1) is 10.2. The highest BCUT2D eigenvalue weighted by molar-refractivity contribution is 7.99. The maximum absolute atomic E-state index is 12.9. The van der Waals surface area contributed by atoms with Gasteiger partial charge >= 0.3 is 0 Å². The third-order valence-electron chi connectivity index (χ3n) is 1.17. The molecule has 72 valence electrons. The predicted molar refractivity (Wildman–Crippen MR) is 47.6 cm³/mol. The van der Waals surface area contributed by atoms with Crippen molar-refractivity contribution in [2.75, 3.05) is 17.8 Å². The molecule has 0 amide bonds. The number of hydrazine groups is 1. The van der Waals surface area contributed by atoms with Gasteiger partial charge in [0.25, 0.3) is 0 Å². The number of anilines is 1. The Morgan fingerprint density at radius 3 is 3.08 bits per heavy atom. The third kappa shape index (κ3) is 2.79. The molecule has 0 unspecified atom stereocenters. The maximum Gasteiger partial charge on any atom is 0.238 e. The van der Waals surface area contributed by atoms with Crippen LogP contribution in [0.15, 0.2) is 11.2 Å². The number of thioether (sulfide) groups is 1. The van der Waals surface area contributed by atoms with Gasteiger partial charge in [0.1, 0.15) is 5.03 Å². The second kappa shape index (κ2) is 4.95. The van der Waals surface area contributed by atoms with E-state index in [1.165, 1.54) is 0 Å². The van der Waals surface area contributed by atoms with E-state index in [0.29, 0.717) is 5.75 Å². The summed E-state index contributed by atoms with van der Waals surface area (Å²) in [6, 6.07) is 0. The van der Waals surface area contributed by atoms with E-state index in [0.717, 1.165) is 18.0 Å². The highest BCUT2D eigenvalue weighted by atomic mass is 32.2. The summed E-state index contributed by atoms with van der Waals surface area (Å²) >= 11 is 1.10. The SMILES string of the molecule is NNc1ncc(F)c(SCCO)n1. The Morgan fingerprint density at radius 2 is 2.46 bits per heavy atom. The number of rotatable bonds is 4. The van der Waals surface area contributed by atoms with E-state index in [-0.39, 0.29) is 17.6 Å². The topological polar surface area (TPSA) is 84.1 Å². The number of nitrogens with two attached hydrogens (primary N) is 1. The van der Waals surface area contributed by atoms with Crippen molar-refractivity contribution >= 4 is 17.7 Å². The first-order chi connectivity index (χ1) is 6.27. The largest absolute Gasteiger partial charge is 0.396 e. The molecule has 0 fully saturated rings. The number of nitrogen functional groups attached to an aromatic ring is 1. The van der Waals surface area contributed by atoms with Crippen molar-refractivity contribution in [3.8, 4) is 0 Å². The molecule has 1 aromatic rings. The highest BCUT2D eigenvalue weighted by Gasteiger charge is 2.05. The number of hydrogen-bond donors (Lipinski definition) is 3. The summed E-state index contributed by atoms with van der Waals surface area (Å²) in [7, 11) is 0. The Labute approximate surface area is 78.5 Å². The second-order valence-electron chi connectivity index (χ2n) is 2.06. The summed E-state index contributed by atoms with van der Waals surface area (Å²) < 4.78 is 12.9. The minimum atomic E-state index is -0.516. The molecule has 0 spiro atoms. The van der Waals surface area contributed by atoms with Crippen LogP contribution in [0.4, 0.5) is 10.3 Å². The van der Waals surface area contributed by atoms with Gasteiger partial charge < -0.3 is 5.11 Å². The van der Waals surface area contributed by atoms with Crippen LogP contribution in [-0.4, -0.2) is 27.4 Å². The van der Waals surface area contributed by atoms with Crippen molar-refractivity contribution in [1.82, 2.24) is 9.97 Å². The lowest BCUT2D eigenvalue weighted by molar-refractivity contribution is 0.322. The van der Waals surface area contributed by atoms with E-state index in [1.54, 1.807) is 0 Å². The van der Waals surface area contributed by atoms with Gasteiger partial charge in [-0.15, -0.1) is 11.8 Å². The van der Waals surface area contributed by atoms with Gasteiger partial charge in [-0.25, -0.2) is 20.2 Å². The summed E-state index contributed by atoms with van der Waals surface area (Å²) in [5.74, 6) is 5.07. The van der Waals surface area contributed by atoms with Gasteiger partial charge in [0, 0.05) is 5.75 Å². The van der Waals surface area contributed by atoms with Crippen molar-refractivity contribution < 1.29 is 9.50 Å². The molecule has 0 atom stereocenters. The fraction of sp³-hybridized carbons (Fsp3) is 0.333. The maximum atomic E-state index is 12.9. The van der Waals surface area contributed by atoms with Crippen molar-refractivity contribution in [3.63, 3.8) is 0 Å². The van der Waals surface area contributed by atoms with Crippen LogP contribution in [0, 0.1) is 5.82 Å². The first-order valence-electron chi connectivity index (χ1n) is 3.50. The van der Waals surface area contributed by atoms with E-state index in [4.69, 9.17) is 10.9 Å². The van der Waals surface area contributed by atoms with Crippen LogP contribution in [0.2, 0.25) is 0 Å². The Balaban J connectivity index is 2.78. The average Bonchev–Trinajstić information content (AvgIpc) is 2.17. The van der Waals surface area contributed by atoms with Crippen LogP contribution in [0.25, 0.3) is 0 Å². The van der Waals surface area contributed by atoms with Crippen molar-refractivity contribution in [1.29, 1.82) is 0 Å². The summed E-state index contributed by atoms with van der Waals surface area (Å²) in [4.78, 5) is 7.33. The second-order valence-corrected chi connectivity index (χ2v) is 3.15. The molecule has 13 heavy (non-hydrogen) atoms. The molecule has 4 N–H and O–H groups in total. The average molecular weight is 204 g/mol. The Hall–Kier alpha value is -0.920. The van der Waals surface area contributed by atoms with Gasteiger partial charge in [0.05, 0.1) is 12.8 Å².